The van der Waals surface area contributed by atoms with Crippen LogP contribution < -0.4 is 5.32 Å². The van der Waals surface area contributed by atoms with E-state index in [1.54, 1.807) is 23.1 Å². The molecule has 2 N–H and O–H groups in total. The zero-order valence-electron chi connectivity index (χ0n) is 9.70. The molecule has 1 fully saturated rings. The van der Waals surface area contributed by atoms with Crippen molar-refractivity contribution in [2.45, 2.75) is 18.9 Å². The van der Waals surface area contributed by atoms with E-state index in [4.69, 9.17) is 23.2 Å². The van der Waals surface area contributed by atoms with Crippen molar-refractivity contribution < 1.29 is 9.90 Å². The number of nitrogens with zero attached hydrogens (tertiary/aromatic N) is 1. The number of benzene rings is 1. The summed E-state index contributed by atoms with van der Waals surface area (Å²) in [5, 5.41) is 12.9. The third-order valence-electron chi connectivity index (χ3n) is 2.96. The van der Waals surface area contributed by atoms with E-state index in [1.807, 2.05) is 0 Å². The van der Waals surface area contributed by atoms with Gasteiger partial charge in [-0.25, -0.2) is 4.79 Å². The molecule has 1 aromatic carbocycles. The molecule has 98 valence electrons. The van der Waals surface area contributed by atoms with E-state index in [-0.39, 0.29) is 18.7 Å². The number of rotatable bonds is 2. The van der Waals surface area contributed by atoms with Crippen molar-refractivity contribution in [3.05, 3.63) is 28.2 Å². The van der Waals surface area contributed by atoms with Crippen LogP contribution in [0, 0.1) is 0 Å². The van der Waals surface area contributed by atoms with Crippen molar-refractivity contribution in [3.8, 4) is 0 Å². The number of carbonyl (C=O) groups excluding carboxylic acids is 1. The van der Waals surface area contributed by atoms with Crippen molar-refractivity contribution in [1.29, 1.82) is 0 Å². The Morgan fingerprint density at radius 2 is 2.06 bits per heavy atom. The highest BCUT2D eigenvalue weighted by molar-refractivity contribution is 6.35. The average Bonchev–Trinajstić information content (AvgIpc) is 2.75. The number of aliphatic hydroxyl groups excluding tert-OH is 1. The number of carbonyl (C=O) groups is 1. The van der Waals surface area contributed by atoms with Crippen molar-refractivity contribution in [3.63, 3.8) is 0 Å². The normalized spacial score (nSPS) is 19.1. The van der Waals surface area contributed by atoms with Crippen LogP contribution in [0.15, 0.2) is 18.2 Å². The molecule has 1 aliphatic heterocycles. The van der Waals surface area contributed by atoms with Gasteiger partial charge in [0.2, 0.25) is 0 Å². The highest BCUT2D eigenvalue weighted by Crippen LogP contribution is 2.24. The molecule has 0 unspecified atom stereocenters. The van der Waals surface area contributed by atoms with Crippen LogP contribution in [0.3, 0.4) is 0 Å². The Balaban J connectivity index is 2.06. The number of likely N-dealkylation sites (tertiary alicyclic amines) is 1. The number of aliphatic hydroxyl groups is 1. The molecule has 0 saturated carbocycles. The second-order valence-electron chi connectivity index (χ2n) is 4.26. The molecule has 2 rings (SSSR count). The third kappa shape index (κ3) is 3.07. The van der Waals surface area contributed by atoms with Gasteiger partial charge in [-0.05, 0) is 31.0 Å². The van der Waals surface area contributed by atoms with Crippen molar-refractivity contribution >= 4 is 34.9 Å². The maximum atomic E-state index is 12.0. The van der Waals surface area contributed by atoms with Gasteiger partial charge in [-0.1, -0.05) is 23.2 Å². The number of hydrogen-bond acceptors (Lipinski definition) is 2. The molecular formula is C12H14Cl2N2O2. The van der Waals surface area contributed by atoms with Gasteiger partial charge in [0.05, 0.1) is 12.6 Å². The van der Waals surface area contributed by atoms with Crippen LogP contribution in [0.4, 0.5) is 10.5 Å². The minimum Gasteiger partial charge on any atom is -0.394 e. The van der Waals surface area contributed by atoms with Crippen LogP contribution >= 0.6 is 23.2 Å². The van der Waals surface area contributed by atoms with E-state index in [2.05, 4.69) is 5.32 Å². The summed E-state index contributed by atoms with van der Waals surface area (Å²) >= 11 is 11.7. The van der Waals surface area contributed by atoms with Gasteiger partial charge in [-0.3, -0.25) is 0 Å². The Bertz CT molecular complexity index is 433. The molecule has 1 aliphatic rings. The fourth-order valence-corrected chi connectivity index (χ4v) is 2.64. The lowest BCUT2D eigenvalue weighted by molar-refractivity contribution is 0.166. The fraction of sp³-hybridized carbons (Fsp3) is 0.417. The van der Waals surface area contributed by atoms with E-state index in [0.717, 1.165) is 12.8 Å². The zero-order valence-corrected chi connectivity index (χ0v) is 11.2. The van der Waals surface area contributed by atoms with Crippen molar-refractivity contribution in [2.75, 3.05) is 18.5 Å². The van der Waals surface area contributed by atoms with Crippen LogP contribution in [-0.2, 0) is 0 Å². The van der Waals surface area contributed by atoms with Gasteiger partial charge >= 0.3 is 6.03 Å². The maximum absolute atomic E-state index is 12.0. The second-order valence-corrected chi connectivity index (χ2v) is 5.13. The van der Waals surface area contributed by atoms with E-state index < -0.39 is 0 Å². The fourth-order valence-electron chi connectivity index (χ4n) is 2.11. The van der Waals surface area contributed by atoms with Gasteiger partial charge in [0.1, 0.15) is 0 Å². The lowest BCUT2D eigenvalue weighted by atomic mass is 10.2. The average molecular weight is 289 g/mol. The second kappa shape index (κ2) is 5.78. The topological polar surface area (TPSA) is 52.6 Å². The predicted octanol–water partition coefficient (Wildman–Crippen LogP) is 2.98. The highest BCUT2D eigenvalue weighted by atomic mass is 35.5. The predicted molar refractivity (Wildman–Crippen MR) is 72.3 cm³/mol. The number of amides is 2. The lowest BCUT2D eigenvalue weighted by Crippen LogP contribution is -2.40. The molecule has 0 radical (unpaired) electrons. The van der Waals surface area contributed by atoms with E-state index in [1.165, 1.54) is 0 Å². The molecule has 0 aromatic heterocycles. The van der Waals surface area contributed by atoms with Gasteiger partial charge in [0, 0.05) is 22.3 Å². The first kappa shape index (κ1) is 13.5. The Kier molecular flexibility index (Phi) is 4.32. The Morgan fingerprint density at radius 1 is 1.39 bits per heavy atom. The van der Waals surface area contributed by atoms with Crippen molar-refractivity contribution in [2.24, 2.45) is 0 Å². The minimum absolute atomic E-state index is 0.0102. The summed E-state index contributed by atoms with van der Waals surface area (Å²) in [6, 6.07) is 4.54. The standard InChI is InChI=1S/C12H14Cl2N2O2/c13-8-4-9(14)6-10(5-8)15-12(18)16-3-1-2-11(16)7-17/h4-6,11,17H,1-3,7H2,(H,15,18)/t11-/m0/s1. The van der Waals surface area contributed by atoms with Crippen LogP contribution in [-0.4, -0.2) is 35.2 Å². The SMILES string of the molecule is O=C(Nc1cc(Cl)cc(Cl)c1)N1CCC[C@H]1CO. The van der Waals surface area contributed by atoms with E-state index in [0.29, 0.717) is 22.3 Å². The molecule has 1 saturated heterocycles. The number of anilines is 1. The van der Waals surface area contributed by atoms with E-state index >= 15 is 0 Å². The summed E-state index contributed by atoms with van der Waals surface area (Å²) in [5.74, 6) is 0. The summed E-state index contributed by atoms with van der Waals surface area (Å²) in [7, 11) is 0. The molecule has 18 heavy (non-hydrogen) atoms. The molecule has 6 heteroatoms. The molecule has 0 bridgehead atoms. The van der Waals surface area contributed by atoms with Gasteiger partial charge in [-0.2, -0.15) is 0 Å². The Labute approximate surface area is 115 Å². The molecule has 4 nitrogen and oxygen atoms in total. The van der Waals surface area contributed by atoms with Crippen LogP contribution in [0.1, 0.15) is 12.8 Å². The summed E-state index contributed by atoms with van der Waals surface area (Å²) in [5.41, 5.74) is 0.557. The molecule has 0 spiro atoms. The Hall–Kier alpha value is -0.970. The smallest absolute Gasteiger partial charge is 0.322 e. The van der Waals surface area contributed by atoms with Crippen LogP contribution in [0.5, 0.6) is 0 Å². The van der Waals surface area contributed by atoms with E-state index in [9.17, 15) is 9.90 Å². The lowest BCUT2D eigenvalue weighted by Gasteiger charge is -2.23. The van der Waals surface area contributed by atoms with Crippen molar-refractivity contribution in [1.82, 2.24) is 4.90 Å². The first-order chi connectivity index (χ1) is 8.60. The largest absolute Gasteiger partial charge is 0.394 e. The Morgan fingerprint density at radius 3 is 2.67 bits per heavy atom. The monoisotopic (exact) mass is 288 g/mol. The van der Waals surface area contributed by atoms with Gasteiger partial charge in [0.15, 0.2) is 0 Å². The van der Waals surface area contributed by atoms with Crippen LogP contribution in [0.2, 0.25) is 10.0 Å². The molecule has 0 aliphatic carbocycles. The number of hydrogen-bond donors (Lipinski definition) is 2. The third-order valence-corrected chi connectivity index (χ3v) is 3.40. The minimum atomic E-state index is -0.232. The molecular weight excluding hydrogens is 275 g/mol. The van der Waals surface area contributed by atoms with Crippen LogP contribution in [0.25, 0.3) is 0 Å². The maximum Gasteiger partial charge on any atom is 0.322 e. The molecule has 2 amide bonds. The van der Waals surface area contributed by atoms with Gasteiger partial charge in [0.25, 0.3) is 0 Å². The van der Waals surface area contributed by atoms with Gasteiger partial charge < -0.3 is 15.3 Å². The molecule has 1 aromatic rings. The zero-order chi connectivity index (χ0) is 13.1. The molecule has 1 heterocycles. The molecule has 1 atom stereocenters. The highest BCUT2D eigenvalue weighted by Gasteiger charge is 2.28. The number of halogens is 2. The summed E-state index contributed by atoms with van der Waals surface area (Å²) in [6.07, 6.45) is 1.75. The summed E-state index contributed by atoms with van der Waals surface area (Å²) in [4.78, 5) is 13.7. The summed E-state index contributed by atoms with van der Waals surface area (Å²) in [6.45, 7) is 0.648. The van der Waals surface area contributed by atoms with Gasteiger partial charge in [-0.15, -0.1) is 0 Å². The first-order valence-corrected chi connectivity index (χ1v) is 6.50. The summed E-state index contributed by atoms with van der Waals surface area (Å²) < 4.78 is 0. The number of urea groups is 1. The first-order valence-electron chi connectivity index (χ1n) is 5.74. The quantitative estimate of drug-likeness (QED) is 0.879. The number of nitrogens with one attached hydrogen (secondary N) is 1.